The number of nitrogens with one attached hydrogen (secondary N) is 1. The molecular weight excluding hydrogens is 400 g/mol. The first-order chi connectivity index (χ1) is 15.3. The van der Waals surface area contributed by atoms with Crippen LogP contribution in [0.2, 0.25) is 0 Å². The molecule has 0 saturated carbocycles. The number of piperidine rings is 1. The average Bonchev–Trinajstić information content (AvgIpc) is 2.79. The van der Waals surface area contributed by atoms with Crippen LogP contribution in [0.25, 0.3) is 0 Å². The highest BCUT2D eigenvalue weighted by molar-refractivity contribution is 5.83. The monoisotopic (exact) mass is 442 g/mol. The highest BCUT2D eigenvalue weighted by Crippen LogP contribution is 2.23. The summed E-state index contributed by atoms with van der Waals surface area (Å²) in [4.78, 5) is 32.1. The number of amides is 2. The van der Waals surface area contributed by atoms with Crippen molar-refractivity contribution in [3.63, 3.8) is 0 Å². The Hall–Kier alpha value is -1.92. The van der Waals surface area contributed by atoms with E-state index in [0.29, 0.717) is 6.54 Å². The van der Waals surface area contributed by atoms with Crippen molar-refractivity contribution in [2.45, 2.75) is 53.0 Å². The van der Waals surface area contributed by atoms with Crippen molar-refractivity contribution in [2.24, 2.45) is 11.3 Å². The van der Waals surface area contributed by atoms with E-state index in [1.165, 1.54) is 5.56 Å². The van der Waals surface area contributed by atoms with Gasteiger partial charge in [-0.25, -0.2) is 0 Å². The Bertz CT molecular complexity index is 723. The van der Waals surface area contributed by atoms with Crippen LogP contribution >= 0.6 is 0 Å². The zero-order valence-corrected chi connectivity index (χ0v) is 20.3. The minimum Gasteiger partial charge on any atom is -0.356 e. The predicted molar refractivity (Wildman–Crippen MR) is 129 cm³/mol. The van der Waals surface area contributed by atoms with Crippen LogP contribution in [0.15, 0.2) is 30.3 Å². The number of unbranched alkanes of at least 4 members (excludes halogenated alkanes) is 1. The van der Waals surface area contributed by atoms with E-state index in [0.717, 1.165) is 78.0 Å². The molecule has 32 heavy (non-hydrogen) atoms. The van der Waals surface area contributed by atoms with Gasteiger partial charge in [-0.3, -0.25) is 14.5 Å². The van der Waals surface area contributed by atoms with Crippen molar-refractivity contribution >= 4 is 11.8 Å². The van der Waals surface area contributed by atoms with E-state index in [1.807, 2.05) is 25.7 Å². The quantitative estimate of drug-likeness (QED) is 0.629. The molecule has 2 amide bonds. The third-order valence-corrected chi connectivity index (χ3v) is 6.64. The summed E-state index contributed by atoms with van der Waals surface area (Å²) in [6, 6.07) is 10.7. The van der Waals surface area contributed by atoms with E-state index < -0.39 is 0 Å². The maximum atomic E-state index is 12.6. The average molecular weight is 443 g/mol. The highest BCUT2D eigenvalue weighted by Gasteiger charge is 2.33. The summed E-state index contributed by atoms with van der Waals surface area (Å²) in [5, 5.41) is 3.12. The molecule has 2 aliphatic rings. The summed E-state index contributed by atoms with van der Waals surface area (Å²) in [5.74, 6) is 0.206. The van der Waals surface area contributed by atoms with Gasteiger partial charge in [-0.15, -0.1) is 0 Å². The summed E-state index contributed by atoms with van der Waals surface area (Å²) >= 11 is 0. The van der Waals surface area contributed by atoms with Crippen LogP contribution in [0, 0.1) is 11.3 Å². The Morgan fingerprint density at radius 1 is 0.969 bits per heavy atom. The van der Waals surface area contributed by atoms with E-state index in [2.05, 4.69) is 45.4 Å². The van der Waals surface area contributed by atoms with Gasteiger partial charge >= 0.3 is 0 Å². The fraction of sp³-hybridized carbons (Fsp3) is 0.692. The predicted octanol–water partition coefficient (Wildman–Crippen LogP) is 2.99. The third kappa shape index (κ3) is 7.59. The summed E-state index contributed by atoms with van der Waals surface area (Å²) in [7, 11) is 0. The van der Waals surface area contributed by atoms with E-state index in [1.54, 1.807) is 0 Å². The molecule has 6 heteroatoms. The zero-order valence-electron chi connectivity index (χ0n) is 20.3. The van der Waals surface area contributed by atoms with Crippen molar-refractivity contribution in [1.29, 1.82) is 0 Å². The second-order valence-corrected chi connectivity index (χ2v) is 10.4. The summed E-state index contributed by atoms with van der Waals surface area (Å²) < 4.78 is 0. The van der Waals surface area contributed by atoms with Gasteiger partial charge in [0.1, 0.15) is 0 Å². The molecule has 2 heterocycles. The standard InChI is InChI=1S/C26H42N4O2/c1-26(2,3)25(32)30-15-9-12-23(21-30)24(31)27-13-7-8-14-28-16-18-29(19-17-28)20-22-10-5-4-6-11-22/h4-6,10-11,23H,7-9,12-21H2,1-3H3,(H,27,31). The Labute approximate surface area is 194 Å². The molecule has 1 N–H and O–H groups in total. The molecule has 6 nitrogen and oxygen atoms in total. The van der Waals surface area contributed by atoms with E-state index in [9.17, 15) is 9.59 Å². The lowest BCUT2D eigenvalue weighted by Gasteiger charge is -2.36. The molecule has 1 aromatic rings. The molecule has 2 saturated heterocycles. The molecule has 2 aliphatic heterocycles. The second-order valence-electron chi connectivity index (χ2n) is 10.4. The first-order valence-electron chi connectivity index (χ1n) is 12.4. The Kier molecular flexibility index (Phi) is 9.11. The van der Waals surface area contributed by atoms with Crippen molar-refractivity contribution in [3.05, 3.63) is 35.9 Å². The maximum absolute atomic E-state index is 12.6. The van der Waals surface area contributed by atoms with Gasteiger partial charge in [0.05, 0.1) is 5.92 Å². The van der Waals surface area contributed by atoms with Gasteiger partial charge in [-0.2, -0.15) is 0 Å². The topological polar surface area (TPSA) is 55.9 Å². The Balaban J connectivity index is 1.26. The SMILES string of the molecule is CC(C)(C)C(=O)N1CCCC(C(=O)NCCCCN2CCN(Cc3ccccc3)CC2)C1. The molecule has 0 spiro atoms. The molecule has 2 fully saturated rings. The number of likely N-dealkylation sites (tertiary alicyclic amines) is 1. The van der Waals surface area contributed by atoms with Crippen molar-refractivity contribution in [3.8, 4) is 0 Å². The van der Waals surface area contributed by atoms with Crippen LogP contribution in [-0.2, 0) is 16.1 Å². The molecule has 0 aliphatic carbocycles. The van der Waals surface area contributed by atoms with Gasteiger partial charge in [0.15, 0.2) is 0 Å². The number of hydrogen-bond acceptors (Lipinski definition) is 4. The van der Waals surface area contributed by atoms with Gasteiger partial charge in [-0.1, -0.05) is 51.1 Å². The molecule has 3 rings (SSSR count). The van der Waals surface area contributed by atoms with Crippen LogP contribution in [0.5, 0.6) is 0 Å². The largest absolute Gasteiger partial charge is 0.356 e. The minimum absolute atomic E-state index is 0.0623. The summed E-state index contributed by atoms with van der Waals surface area (Å²) in [6.07, 6.45) is 3.91. The highest BCUT2D eigenvalue weighted by atomic mass is 16.2. The van der Waals surface area contributed by atoms with Gasteiger partial charge in [0.25, 0.3) is 0 Å². The number of carbonyl (C=O) groups excluding carboxylic acids is 2. The number of benzene rings is 1. The maximum Gasteiger partial charge on any atom is 0.227 e. The molecule has 178 valence electrons. The van der Waals surface area contributed by atoms with Crippen LogP contribution in [0.1, 0.15) is 52.0 Å². The van der Waals surface area contributed by atoms with Gasteiger partial charge in [0, 0.05) is 57.8 Å². The van der Waals surface area contributed by atoms with Crippen LogP contribution in [-0.4, -0.2) is 78.9 Å². The minimum atomic E-state index is -0.384. The molecule has 0 bridgehead atoms. The Morgan fingerprint density at radius 2 is 1.66 bits per heavy atom. The number of carbonyl (C=O) groups is 2. The van der Waals surface area contributed by atoms with Crippen LogP contribution in [0.4, 0.5) is 0 Å². The summed E-state index contributed by atoms with van der Waals surface area (Å²) in [5.41, 5.74) is 1.01. The van der Waals surface area contributed by atoms with Crippen LogP contribution < -0.4 is 5.32 Å². The molecule has 1 aromatic carbocycles. The first-order valence-corrected chi connectivity index (χ1v) is 12.4. The van der Waals surface area contributed by atoms with E-state index >= 15 is 0 Å². The first kappa shape index (κ1) is 24.7. The number of piperazine rings is 1. The van der Waals surface area contributed by atoms with E-state index in [4.69, 9.17) is 0 Å². The molecule has 1 unspecified atom stereocenters. The van der Waals surface area contributed by atoms with Crippen molar-refractivity contribution in [2.75, 3.05) is 52.4 Å². The normalized spacial score (nSPS) is 20.8. The van der Waals surface area contributed by atoms with Crippen molar-refractivity contribution in [1.82, 2.24) is 20.0 Å². The lowest BCUT2D eigenvalue weighted by atomic mass is 9.91. The van der Waals surface area contributed by atoms with Crippen molar-refractivity contribution < 1.29 is 9.59 Å². The number of nitrogens with zero attached hydrogens (tertiary/aromatic N) is 3. The van der Waals surface area contributed by atoms with Crippen LogP contribution in [0.3, 0.4) is 0 Å². The summed E-state index contributed by atoms with van der Waals surface area (Å²) in [6.45, 7) is 14.6. The van der Waals surface area contributed by atoms with E-state index in [-0.39, 0.29) is 23.1 Å². The number of hydrogen-bond donors (Lipinski definition) is 1. The number of rotatable bonds is 8. The zero-order chi connectivity index (χ0) is 23.0. The molecule has 1 atom stereocenters. The molecule has 0 radical (unpaired) electrons. The van der Waals surface area contributed by atoms with Gasteiger partial charge in [0.2, 0.25) is 11.8 Å². The molecular formula is C26H42N4O2. The lowest BCUT2D eigenvalue weighted by molar-refractivity contribution is -0.142. The van der Waals surface area contributed by atoms with Gasteiger partial charge in [-0.05, 0) is 37.8 Å². The lowest BCUT2D eigenvalue weighted by Crippen LogP contribution is -2.48. The van der Waals surface area contributed by atoms with Gasteiger partial charge < -0.3 is 15.1 Å². The fourth-order valence-electron chi connectivity index (χ4n) is 4.68. The third-order valence-electron chi connectivity index (χ3n) is 6.64. The molecule has 0 aromatic heterocycles. The Morgan fingerprint density at radius 3 is 2.34 bits per heavy atom. The second kappa shape index (κ2) is 11.8. The fourth-order valence-corrected chi connectivity index (χ4v) is 4.68. The smallest absolute Gasteiger partial charge is 0.227 e.